The maximum Gasteiger partial charge on any atom is 0.217 e. The van der Waals surface area contributed by atoms with Gasteiger partial charge in [0.15, 0.2) is 6.29 Å². The van der Waals surface area contributed by atoms with Crippen molar-refractivity contribution in [3.63, 3.8) is 0 Å². The average molecular weight is 337 g/mol. The predicted octanol–water partition coefficient (Wildman–Crippen LogP) is -2.00. The minimum absolute atomic E-state index is 0.0955. The highest BCUT2D eigenvalue weighted by atomic mass is 16.7. The molecular weight excluding hydrogens is 310 g/mol. The van der Waals surface area contributed by atoms with Gasteiger partial charge in [-0.2, -0.15) is 0 Å². The first-order valence-electron chi connectivity index (χ1n) is 7.56. The Balaban J connectivity index is 2.70. The van der Waals surface area contributed by atoms with Crippen molar-refractivity contribution >= 4 is 5.91 Å². The molecule has 0 spiro atoms. The molecule has 4 N–H and O–H groups in total. The van der Waals surface area contributed by atoms with E-state index in [2.05, 4.69) is 5.32 Å². The van der Waals surface area contributed by atoms with Gasteiger partial charge in [0.25, 0.3) is 0 Å². The highest BCUT2D eigenvalue weighted by Crippen LogP contribution is 2.22. The Morgan fingerprint density at radius 3 is 2.52 bits per heavy atom. The molecule has 0 bridgehead atoms. The molecule has 3 unspecified atom stereocenters. The minimum Gasteiger partial charge on any atom is -0.394 e. The molecule has 1 saturated heterocycles. The van der Waals surface area contributed by atoms with Crippen LogP contribution in [0, 0.1) is 0 Å². The van der Waals surface area contributed by atoms with Gasteiger partial charge in [0.1, 0.15) is 30.5 Å². The smallest absolute Gasteiger partial charge is 0.217 e. The van der Waals surface area contributed by atoms with Gasteiger partial charge in [-0.3, -0.25) is 4.79 Å². The number of aliphatic hydroxyl groups excluding tert-OH is 3. The standard InChI is InChI=1S/C14H27NO8/c1-4-21-6-9(20-3)7-22-14-11(15-8(2)17)13(19)12(18)10(5-16)23-14/h9-14,16,18-19H,4-7H2,1-3H3,(H,15,17)/t9?,10?,11-,12+,13?,14+/m0/s1. The minimum atomic E-state index is -1.33. The van der Waals surface area contributed by atoms with Crippen LogP contribution in [0.5, 0.6) is 0 Å². The van der Waals surface area contributed by atoms with Crippen LogP contribution in [0.1, 0.15) is 13.8 Å². The topological polar surface area (TPSA) is 127 Å². The molecule has 1 heterocycles. The lowest BCUT2D eigenvalue weighted by atomic mass is 9.97. The van der Waals surface area contributed by atoms with Gasteiger partial charge >= 0.3 is 0 Å². The van der Waals surface area contributed by atoms with Crippen LogP contribution in [0.4, 0.5) is 0 Å². The van der Waals surface area contributed by atoms with Crippen molar-refractivity contribution < 1.29 is 39.1 Å². The number of carbonyl (C=O) groups excluding carboxylic acids is 1. The SMILES string of the molecule is CCOCC(CO[C@@H]1OC(CO)[C@@H](O)C(O)[C@@H]1NC(C)=O)OC. The maximum atomic E-state index is 11.3. The zero-order valence-corrected chi connectivity index (χ0v) is 13.7. The number of methoxy groups -OCH3 is 1. The summed E-state index contributed by atoms with van der Waals surface area (Å²) >= 11 is 0. The summed E-state index contributed by atoms with van der Waals surface area (Å²) in [7, 11) is 1.51. The molecule has 1 amide bonds. The van der Waals surface area contributed by atoms with Gasteiger partial charge in [0.2, 0.25) is 5.91 Å². The second kappa shape index (κ2) is 10.1. The highest BCUT2D eigenvalue weighted by molar-refractivity contribution is 5.73. The molecule has 0 radical (unpaired) electrons. The van der Waals surface area contributed by atoms with Crippen molar-refractivity contribution in [2.24, 2.45) is 0 Å². The number of hydrogen-bond donors (Lipinski definition) is 4. The largest absolute Gasteiger partial charge is 0.394 e. The highest BCUT2D eigenvalue weighted by Gasteiger charge is 2.45. The monoisotopic (exact) mass is 337 g/mol. The second-order valence-electron chi connectivity index (χ2n) is 5.28. The van der Waals surface area contributed by atoms with E-state index in [4.69, 9.17) is 18.9 Å². The molecule has 1 fully saturated rings. The van der Waals surface area contributed by atoms with Gasteiger partial charge in [0, 0.05) is 20.6 Å². The average Bonchev–Trinajstić information content (AvgIpc) is 2.53. The van der Waals surface area contributed by atoms with Crippen LogP contribution in [0.2, 0.25) is 0 Å². The molecule has 9 nitrogen and oxygen atoms in total. The van der Waals surface area contributed by atoms with E-state index in [-0.39, 0.29) is 12.7 Å². The molecule has 1 aliphatic heterocycles. The second-order valence-corrected chi connectivity index (χ2v) is 5.28. The fourth-order valence-electron chi connectivity index (χ4n) is 2.25. The summed E-state index contributed by atoms with van der Waals surface area (Å²) in [6, 6.07) is -0.963. The molecule has 0 aliphatic carbocycles. The number of amides is 1. The lowest BCUT2D eigenvalue weighted by Crippen LogP contribution is -2.64. The maximum absolute atomic E-state index is 11.3. The first kappa shape index (κ1) is 20.2. The summed E-state index contributed by atoms with van der Waals surface area (Å²) in [5, 5.41) is 31.7. The van der Waals surface area contributed by atoms with E-state index in [1.54, 1.807) is 0 Å². The molecule has 0 aromatic carbocycles. The lowest BCUT2D eigenvalue weighted by Gasteiger charge is -2.42. The third-order valence-corrected chi connectivity index (χ3v) is 3.54. The fourth-order valence-corrected chi connectivity index (χ4v) is 2.25. The molecule has 0 saturated carbocycles. The van der Waals surface area contributed by atoms with E-state index in [1.807, 2.05) is 6.92 Å². The van der Waals surface area contributed by atoms with Crippen molar-refractivity contribution in [3.05, 3.63) is 0 Å². The van der Waals surface area contributed by atoms with Crippen LogP contribution in [-0.4, -0.2) is 91.5 Å². The summed E-state index contributed by atoms with van der Waals surface area (Å²) in [4.78, 5) is 11.3. The molecule has 0 aromatic rings. The van der Waals surface area contributed by atoms with E-state index in [0.717, 1.165) is 0 Å². The normalized spacial score (nSPS) is 32.5. The number of nitrogens with one attached hydrogen (secondary N) is 1. The third-order valence-electron chi connectivity index (χ3n) is 3.54. The number of rotatable bonds is 9. The molecule has 0 aromatic heterocycles. The van der Waals surface area contributed by atoms with Crippen molar-refractivity contribution in [2.45, 2.75) is 50.6 Å². The number of ether oxygens (including phenoxy) is 4. The Hall–Kier alpha value is -0.810. The van der Waals surface area contributed by atoms with Gasteiger partial charge < -0.3 is 39.6 Å². The van der Waals surface area contributed by atoms with Crippen LogP contribution >= 0.6 is 0 Å². The fraction of sp³-hybridized carbons (Fsp3) is 0.929. The van der Waals surface area contributed by atoms with Gasteiger partial charge in [0.05, 0.1) is 19.8 Å². The van der Waals surface area contributed by atoms with Gasteiger partial charge in [-0.1, -0.05) is 0 Å². The van der Waals surface area contributed by atoms with Crippen LogP contribution in [0.3, 0.4) is 0 Å². The number of aliphatic hydroxyl groups is 3. The van der Waals surface area contributed by atoms with Gasteiger partial charge in [-0.15, -0.1) is 0 Å². The summed E-state index contributed by atoms with van der Waals surface area (Å²) in [6.45, 7) is 3.59. The Morgan fingerprint density at radius 1 is 1.30 bits per heavy atom. The Labute approximate surface area is 135 Å². The van der Waals surface area contributed by atoms with Crippen molar-refractivity contribution in [2.75, 3.05) is 33.5 Å². The summed E-state index contributed by atoms with van der Waals surface area (Å²) < 4.78 is 21.5. The molecule has 23 heavy (non-hydrogen) atoms. The molecule has 6 atom stereocenters. The van der Waals surface area contributed by atoms with E-state index >= 15 is 0 Å². The van der Waals surface area contributed by atoms with Crippen molar-refractivity contribution in [3.8, 4) is 0 Å². The van der Waals surface area contributed by atoms with Crippen LogP contribution in [0.25, 0.3) is 0 Å². The quantitative estimate of drug-likeness (QED) is 0.380. The summed E-state index contributed by atoms with van der Waals surface area (Å²) in [5.74, 6) is -0.404. The van der Waals surface area contributed by atoms with Crippen LogP contribution in [-0.2, 0) is 23.7 Å². The number of hydrogen-bond acceptors (Lipinski definition) is 8. The molecule has 1 rings (SSSR count). The van der Waals surface area contributed by atoms with Gasteiger partial charge in [-0.25, -0.2) is 0 Å². The van der Waals surface area contributed by atoms with Crippen molar-refractivity contribution in [1.29, 1.82) is 0 Å². The predicted molar refractivity (Wildman–Crippen MR) is 78.6 cm³/mol. The van der Waals surface area contributed by atoms with E-state index in [0.29, 0.717) is 13.2 Å². The van der Waals surface area contributed by atoms with Crippen molar-refractivity contribution in [1.82, 2.24) is 5.32 Å². The zero-order valence-electron chi connectivity index (χ0n) is 13.7. The summed E-state index contributed by atoms with van der Waals surface area (Å²) in [5.41, 5.74) is 0. The van der Waals surface area contributed by atoms with E-state index in [1.165, 1.54) is 14.0 Å². The Bertz CT molecular complexity index is 356. The molecule has 136 valence electrons. The third kappa shape index (κ3) is 5.96. The van der Waals surface area contributed by atoms with Crippen LogP contribution in [0.15, 0.2) is 0 Å². The van der Waals surface area contributed by atoms with E-state index in [9.17, 15) is 20.1 Å². The molecule has 1 aliphatic rings. The van der Waals surface area contributed by atoms with E-state index < -0.39 is 43.2 Å². The Kier molecular flexibility index (Phi) is 8.92. The molecule has 9 heteroatoms. The Morgan fingerprint density at radius 2 is 2.00 bits per heavy atom. The van der Waals surface area contributed by atoms with Gasteiger partial charge in [-0.05, 0) is 6.92 Å². The zero-order chi connectivity index (χ0) is 17.4. The lowest BCUT2D eigenvalue weighted by molar-refractivity contribution is -0.275. The summed E-state index contributed by atoms with van der Waals surface area (Å²) in [6.07, 6.45) is -5.06. The van der Waals surface area contributed by atoms with Crippen LogP contribution < -0.4 is 5.32 Å². The molecular formula is C14H27NO8. The first-order valence-corrected chi connectivity index (χ1v) is 7.56. The first-order chi connectivity index (χ1) is 10.9. The number of carbonyl (C=O) groups is 1.